The summed E-state index contributed by atoms with van der Waals surface area (Å²) in [5.41, 5.74) is 0.895. The molecular weight excluding hydrogens is 322 g/mol. The molecule has 2 atom stereocenters. The standard InChI is InChI=1S/C14H21N3O3S2/c1-3-6-22(19,20)17-5-4-12-13(17)7-14(18)16(12)8-11-9-21-10(2)15-11/h9,12-13H,3-8H2,1-2H3/t12-,13+/m1/s1. The van der Waals surface area contributed by atoms with Gasteiger partial charge in [-0.25, -0.2) is 13.4 Å². The molecule has 0 spiro atoms. The van der Waals surface area contributed by atoms with Gasteiger partial charge in [-0.2, -0.15) is 4.31 Å². The van der Waals surface area contributed by atoms with Gasteiger partial charge in [0.1, 0.15) is 0 Å². The van der Waals surface area contributed by atoms with Gasteiger partial charge < -0.3 is 4.90 Å². The maximum absolute atomic E-state index is 12.3. The zero-order valence-corrected chi connectivity index (χ0v) is 14.5. The third-order valence-electron chi connectivity index (χ3n) is 4.38. The van der Waals surface area contributed by atoms with Crippen LogP contribution in [0.25, 0.3) is 0 Å². The molecule has 2 aliphatic heterocycles. The Balaban J connectivity index is 1.76. The van der Waals surface area contributed by atoms with Gasteiger partial charge in [-0.05, 0) is 19.8 Å². The second kappa shape index (κ2) is 5.90. The van der Waals surface area contributed by atoms with Crippen LogP contribution in [0.15, 0.2) is 5.38 Å². The summed E-state index contributed by atoms with van der Waals surface area (Å²) in [5.74, 6) is 0.201. The molecule has 0 radical (unpaired) electrons. The minimum atomic E-state index is -3.24. The highest BCUT2D eigenvalue weighted by molar-refractivity contribution is 7.89. The number of nitrogens with zero attached hydrogens (tertiary/aromatic N) is 3. The molecule has 2 aliphatic rings. The lowest BCUT2D eigenvalue weighted by molar-refractivity contribution is -0.129. The number of rotatable bonds is 5. The third-order valence-corrected chi connectivity index (χ3v) is 7.30. The molecule has 2 saturated heterocycles. The number of aromatic nitrogens is 1. The number of hydrogen-bond donors (Lipinski definition) is 0. The van der Waals surface area contributed by atoms with Gasteiger partial charge in [-0.1, -0.05) is 6.92 Å². The Morgan fingerprint density at radius 3 is 2.82 bits per heavy atom. The van der Waals surface area contributed by atoms with Gasteiger partial charge >= 0.3 is 0 Å². The number of carbonyl (C=O) groups excluding carboxylic acids is 1. The van der Waals surface area contributed by atoms with Crippen molar-refractivity contribution < 1.29 is 13.2 Å². The van der Waals surface area contributed by atoms with Crippen molar-refractivity contribution in [3.05, 3.63) is 16.1 Å². The van der Waals surface area contributed by atoms with E-state index in [1.165, 1.54) is 0 Å². The minimum absolute atomic E-state index is 0.00105. The van der Waals surface area contributed by atoms with E-state index in [4.69, 9.17) is 0 Å². The second-order valence-corrected chi connectivity index (χ2v) is 9.04. The molecule has 1 aromatic rings. The summed E-state index contributed by atoms with van der Waals surface area (Å²) in [6, 6.07) is -0.190. The van der Waals surface area contributed by atoms with Crippen molar-refractivity contribution in [2.45, 2.75) is 51.7 Å². The Hall–Kier alpha value is -0.990. The predicted octanol–water partition coefficient (Wildman–Crippen LogP) is 1.37. The Morgan fingerprint density at radius 2 is 2.18 bits per heavy atom. The van der Waals surface area contributed by atoms with Gasteiger partial charge in [0.05, 0.1) is 35.1 Å². The monoisotopic (exact) mass is 343 g/mol. The first kappa shape index (κ1) is 15.9. The molecule has 1 amide bonds. The Morgan fingerprint density at radius 1 is 1.41 bits per heavy atom. The first-order valence-corrected chi connectivity index (χ1v) is 10.1. The van der Waals surface area contributed by atoms with E-state index in [1.807, 2.05) is 24.1 Å². The van der Waals surface area contributed by atoms with Crippen molar-refractivity contribution in [2.75, 3.05) is 12.3 Å². The lowest BCUT2D eigenvalue weighted by Crippen LogP contribution is -2.40. The maximum Gasteiger partial charge on any atom is 0.224 e. The summed E-state index contributed by atoms with van der Waals surface area (Å²) in [6.07, 6.45) is 1.63. The fourth-order valence-corrected chi connectivity index (χ4v) is 5.84. The molecule has 8 heteroatoms. The van der Waals surface area contributed by atoms with Crippen LogP contribution in [-0.4, -0.2) is 52.9 Å². The molecule has 0 bridgehead atoms. The fourth-order valence-electron chi connectivity index (χ4n) is 3.47. The van der Waals surface area contributed by atoms with Gasteiger partial charge in [0, 0.05) is 18.3 Å². The first-order valence-electron chi connectivity index (χ1n) is 7.62. The zero-order chi connectivity index (χ0) is 15.9. The summed E-state index contributed by atoms with van der Waals surface area (Å²) in [6.45, 7) is 4.82. The molecular formula is C14H21N3O3S2. The summed E-state index contributed by atoms with van der Waals surface area (Å²) in [4.78, 5) is 18.5. The van der Waals surface area contributed by atoms with E-state index in [0.717, 1.165) is 17.1 Å². The number of fused-ring (bicyclic) bond motifs is 1. The molecule has 2 fully saturated rings. The van der Waals surface area contributed by atoms with Crippen molar-refractivity contribution in [3.63, 3.8) is 0 Å². The van der Waals surface area contributed by atoms with Crippen LogP contribution in [0.1, 0.15) is 36.9 Å². The van der Waals surface area contributed by atoms with E-state index in [2.05, 4.69) is 4.98 Å². The number of carbonyl (C=O) groups is 1. The average molecular weight is 343 g/mol. The molecule has 22 heavy (non-hydrogen) atoms. The molecule has 0 saturated carbocycles. The van der Waals surface area contributed by atoms with E-state index < -0.39 is 10.0 Å². The Kier molecular flexibility index (Phi) is 4.26. The predicted molar refractivity (Wildman–Crippen MR) is 85.0 cm³/mol. The molecule has 0 aliphatic carbocycles. The number of sulfonamides is 1. The highest BCUT2D eigenvalue weighted by atomic mass is 32.2. The molecule has 3 rings (SSSR count). The van der Waals surface area contributed by atoms with Gasteiger partial charge in [0.15, 0.2) is 0 Å². The quantitative estimate of drug-likeness (QED) is 0.809. The minimum Gasteiger partial charge on any atom is -0.332 e. The molecule has 0 N–H and O–H groups in total. The smallest absolute Gasteiger partial charge is 0.224 e. The largest absolute Gasteiger partial charge is 0.332 e. The molecule has 0 aromatic carbocycles. The number of aryl methyl sites for hydroxylation is 1. The van der Waals surface area contributed by atoms with Crippen molar-refractivity contribution in [2.24, 2.45) is 0 Å². The van der Waals surface area contributed by atoms with Crippen LogP contribution in [0.5, 0.6) is 0 Å². The van der Waals surface area contributed by atoms with E-state index in [1.54, 1.807) is 15.6 Å². The van der Waals surface area contributed by atoms with Gasteiger partial charge in [0.2, 0.25) is 15.9 Å². The number of thiazole rings is 1. The van der Waals surface area contributed by atoms with Crippen LogP contribution in [-0.2, 0) is 21.4 Å². The maximum atomic E-state index is 12.3. The van der Waals surface area contributed by atoms with Crippen LogP contribution >= 0.6 is 11.3 Å². The highest BCUT2D eigenvalue weighted by Crippen LogP contribution is 2.35. The van der Waals surface area contributed by atoms with Crippen molar-refractivity contribution in [3.8, 4) is 0 Å². The number of hydrogen-bond acceptors (Lipinski definition) is 5. The van der Waals surface area contributed by atoms with Crippen LogP contribution in [0, 0.1) is 6.92 Å². The third kappa shape index (κ3) is 2.79. The van der Waals surface area contributed by atoms with Crippen LogP contribution in [0.4, 0.5) is 0 Å². The molecule has 122 valence electrons. The SMILES string of the molecule is CCCS(=O)(=O)N1CC[C@@H]2[C@@H]1CC(=O)N2Cc1csc(C)n1. The number of likely N-dealkylation sites (tertiary alicyclic amines) is 1. The van der Waals surface area contributed by atoms with Crippen molar-refractivity contribution >= 4 is 27.3 Å². The Bertz CT molecular complexity index is 671. The van der Waals surface area contributed by atoms with E-state index in [0.29, 0.717) is 25.9 Å². The topological polar surface area (TPSA) is 70.6 Å². The van der Waals surface area contributed by atoms with Crippen molar-refractivity contribution in [1.29, 1.82) is 0 Å². The summed E-state index contributed by atoms with van der Waals surface area (Å²) in [5, 5.41) is 2.95. The molecule has 3 heterocycles. The van der Waals surface area contributed by atoms with Gasteiger partial charge in [-0.15, -0.1) is 11.3 Å². The average Bonchev–Trinajstić information content (AvgIpc) is 3.08. The van der Waals surface area contributed by atoms with Crippen LogP contribution in [0.3, 0.4) is 0 Å². The van der Waals surface area contributed by atoms with Crippen LogP contribution < -0.4 is 0 Å². The molecule has 1 aromatic heterocycles. The second-order valence-electron chi connectivity index (χ2n) is 5.93. The summed E-state index contributed by atoms with van der Waals surface area (Å²) in [7, 11) is -3.24. The van der Waals surface area contributed by atoms with E-state index in [-0.39, 0.29) is 23.7 Å². The number of amides is 1. The van der Waals surface area contributed by atoms with E-state index >= 15 is 0 Å². The lowest BCUT2D eigenvalue weighted by atomic mass is 10.1. The van der Waals surface area contributed by atoms with Crippen molar-refractivity contribution in [1.82, 2.24) is 14.2 Å². The summed E-state index contributed by atoms with van der Waals surface area (Å²) >= 11 is 1.57. The highest BCUT2D eigenvalue weighted by Gasteiger charge is 2.50. The van der Waals surface area contributed by atoms with Crippen LogP contribution in [0.2, 0.25) is 0 Å². The zero-order valence-electron chi connectivity index (χ0n) is 12.9. The Labute approximate surface area is 135 Å². The fraction of sp³-hybridized carbons (Fsp3) is 0.714. The van der Waals surface area contributed by atoms with Gasteiger partial charge in [0.25, 0.3) is 0 Å². The normalized spacial score (nSPS) is 25.9. The first-order chi connectivity index (χ1) is 10.4. The summed E-state index contributed by atoms with van der Waals surface area (Å²) < 4.78 is 26.2. The molecule has 0 unspecified atom stereocenters. The lowest BCUT2D eigenvalue weighted by Gasteiger charge is -2.24. The molecule has 6 nitrogen and oxygen atoms in total. The van der Waals surface area contributed by atoms with Gasteiger partial charge in [-0.3, -0.25) is 4.79 Å². The van der Waals surface area contributed by atoms with E-state index in [9.17, 15) is 13.2 Å².